The molecule has 2 N–H and O–H groups in total. The highest BCUT2D eigenvalue weighted by molar-refractivity contribution is 6.35. The standard InChI is InChI=1S/C13H25N3O4/c1-2-19-9-3-4-14-12(17)13(18)15-5-6-16-7-10-20-11-8-16/h2-11H2,1H3,(H,14,17)(H,15,18). The van der Waals surface area contributed by atoms with Gasteiger partial charge in [-0.25, -0.2) is 0 Å². The van der Waals surface area contributed by atoms with Crippen LogP contribution >= 0.6 is 0 Å². The highest BCUT2D eigenvalue weighted by Gasteiger charge is 2.14. The van der Waals surface area contributed by atoms with E-state index >= 15 is 0 Å². The second-order valence-electron chi connectivity index (χ2n) is 4.52. The van der Waals surface area contributed by atoms with Gasteiger partial charge < -0.3 is 20.1 Å². The van der Waals surface area contributed by atoms with Gasteiger partial charge in [0.2, 0.25) is 0 Å². The van der Waals surface area contributed by atoms with Gasteiger partial charge in [-0.15, -0.1) is 0 Å². The molecule has 0 aromatic rings. The lowest BCUT2D eigenvalue weighted by Gasteiger charge is -2.26. The average Bonchev–Trinajstić information content (AvgIpc) is 2.47. The van der Waals surface area contributed by atoms with E-state index in [1.165, 1.54) is 0 Å². The van der Waals surface area contributed by atoms with E-state index in [2.05, 4.69) is 15.5 Å². The number of ether oxygens (including phenoxy) is 2. The van der Waals surface area contributed by atoms with Crippen LogP contribution in [-0.2, 0) is 19.1 Å². The summed E-state index contributed by atoms with van der Waals surface area (Å²) in [5.41, 5.74) is 0. The van der Waals surface area contributed by atoms with Crippen LogP contribution in [0.1, 0.15) is 13.3 Å². The number of rotatable bonds is 8. The summed E-state index contributed by atoms with van der Waals surface area (Å²) in [6, 6.07) is 0. The molecular weight excluding hydrogens is 262 g/mol. The van der Waals surface area contributed by atoms with Crippen molar-refractivity contribution in [3.63, 3.8) is 0 Å². The molecule has 0 atom stereocenters. The fourth-order valence-electron chi connectivity index (χ4n) is 1.83. The Bertz CT molecular complexity index is 293. The van der Waals surface area contributed by atoms with E-state index in [-0.39, 0.29) is 0 Å². The van der Waals surface area contributed by atoms with Crippen LogP contribution in [0.5, 0.6) is 0 Å². The highest BCUT2D eigenvalue weighted by Crippen LogP contribution is 1.94. The van der Waals surface area contributed by atoms with E-state index in [1.807, 2.05) is 6.92 Å². The van der Waals surface area contributed by atoms with Gasteiger partial charge in [0, 0.05) is 45.9 Å². The molecule has 0 saturated carbocycles. The van der Waals surface area contributed by atoms with E-state index in [0.717, 1.165) is 32.8 Å². The summed E-state index contributed by atoms with van der Waals surface area (Å²) in [6.07, 6.45) is 0.709. The van der Waals surface area contributed by atoms with Gasteiger partial charge in [0.05, 0.1) is 13.2 Å². The summed E-state index contributed by atoms with van der Waals surface area (Å²) in [7, 11) is 0. The summed E-state index contributed by atoms with van der Waals surface area (Å²) in [5, 5.41) is 5.18. The van der Waals surface area contributed by atoms with Crippen molar-refractivity contribution in [3.8, 4) is 0 Å². The molecule has 116 valence electrons. The zero-order chi connectivity index (χ0) is 14.6. The number of nitrogens with one attached hydrogen (secondary N) is 2. The lowest BCUT2D eigenvalue weighted by Crippen LogP contribution is -2.45. The first kappa shape index (κ1) is 16.9. The van der Waals surface area contributed by atoms with Crippen LogP contribution in [0.3, 0.4) is 0 Å². The summed E-state index contributed by atoms with van der Waals surface area (Å²) in [6.45, 7) is 8.06. The maximum absolute atomic E-state index is 11.5. The van der Waals surface area contributed by atoms with Crippen LogP contribution in [0.4, 0.5) is 0 Å². The summed E-state index contributed by atoms with van der Waals surface area (Å²) < 4.78 is 10.4. The Morgan fingerprint density at radius 2 is 1.80 bits per heavy atom. The summed E-state index contributed by atoms with van der Waals surface area (Å²) in [5.74, 6) is -1.15. The summed E-state index contributed by atoms with van der Waals surface area (Å²) in [4.78, 5) is 25.2. The minimum Gasteiger partial charge on any atom is -0.382 e. The first-order valence-electron chi connectivity index (χ1n) is 7.18. The molecule has 1 aliphatic heterocycles. The quantitative estimate of drug-likeness (QED) is 0.441. The van der Waals surface area contributed by atoms with Gasteiger partial charge in [-0.2, -0.15) is 0 Å². The third-order valence-corrected chi connectivity index (χ3v) is 2.98. The van der Waals surface area contributed by atoms with Crippen LogP contribution in [0, 0.1) is 0 Å². The molecule has 0 spiro atoms. The van der Waals surface area contributed by atoms with Crippen molar-refractivity contribution in [2.45, 2.75) is 13.3 Å². The van der Waals surface area contributed by atoms with Crippen molar-refractivity contribution in [2.24, 2.45) is 0 Å². The Balaban J connectivity index is 2.01. The third kappa shape index (κ3) is 7.42. The first-order chi connectivity index (χ1) is 9.74. The number of carbonyl (C=O) groups is 2. The van der Waals surface area contributed by atoms with E-state index in [9.17, 15) is 9.59 Å². The number of amides is 2. The molecule has 2 amide bonds. The zero-order valence-electron chi connectivity index (χ0n) is 12.2. The Hall–Kier alpha value is -1.18. The van der Waals surface area contributed by atoms with Crippen molar-refractivity contribution in [1.82, 2.24) is 15.5 Å². The largest absolute Gasteiger partial charge is 0.382 e. The number of hydrogen-bond acceptors (Lipinski definition) is 5. The van der Waals surface area contributed by atoms with Crippen LogP contribution in [0.25, 0.3) is 0 Å². The van der Waals surface area contributed by atoms with E-state index < -0.39 is 11.8 Å². The molecule has 1 rings (SSSR count). The Morgan fingerprint density at radius 1 is 1.15 bits per heavy atom. The van der Waals surface area contributed by atoms with E-state index in [4.69, 9.17) is 9.47 Å². The van der Waals surface area contributed by atoms with Crippen molar-refractivity contribution in [3.05, 3.63) is 0 Å². The lowest BCUT2D eigenvalue weighted by atomic mass is 10.4. The van der Waals surface area contributed by atoms with Crippen LogP contribution < -0.4 is 10.6 Å². The normalized spacial score (nSPS) is 15.8. The Morgan fingerprint density at radius 3 is 2.45 bits per heavy atom. The number of hydrogen-bond donors (Lipinski definition) is 2. The molecule has 0 unspecified atom stereocenters. The fourth-order valence-corrected chi connectivity index (χ4v) is 1.83. The molecule has 20 heavy (non-hydrogen) atoms. The molecule has 1 heterocycles. The summed E-state index contributed by atoms with van der Waals surface area (Å²) >= 11 is 0. The molecule has 0 aromatic heterocycles. The van der Waals surface area contributed by atoms with Crippen molar-refractivity contribution in [1.29, 1.82) is 0 Å². The molecule has 0 radical (unpaired) electrons. The molecule has 7 nitrogen and oxygen atoms in total. The predicted octanol–water partition coefficient (Wildman–Crippen LogP) is -1.02. The number of carbonyl (C=O) groups excluding carboxylic acids is 2. The molecule has 0 aliphatic carbocycles. The maximum Gasteiger partial charge on any atom is 0.309 e. The first-order valence-corrected chi connectivity index (χ1v) is 7.18. The van der Waals surface area contributed by atoms with Gasteiger partial charge in [-0.3, -0.25) is 14.5 Å². The Labute approximate surface area is 120 Å². The molecule has 7 heteroatoms. The topological polar surface area (TPSA) is 79.9 Å². The van der Waals surface area contributed by atoms with Gasteiger partial charge in [0.15, 0.2) is 0 Å². The molecule has 1 fully saturated rings. The minimum absolute atomic E-state index is 0.454. The lowest BCUT2D eigenvalue weighted by molar-refractivity contribution is -0.139. The SMILES string of the molecule is CCOCCCNC(=O)C(=O)NCCN1CCOCC1. The number of morpholine rings is 1. The second-order valence-corrected chi connectivity index (χ2v) is 4.52. The van der Waals surface area contributed by atoms with E-state index in [1.54, 1.807) is 0 Å². The van der Waals surface area contributed by atoms with Crippen molar-refractivity contribution < 1.29 is 19.1 Å². The molecular formula is C13H25N3O4. The minimum atomic E-state index is -0.580. The average molecular weight is 287 g/mol. The van der Waals surface area contributed by atoms with Crippen LogP contribution in [0.2, 0.25) is 0 Å². The van der Waals surface area contributed by atoms with Gasteiger partial charge in [-0.1, -0.05) is 0 Å². The maximum atomic E-state index is 11.5. The monoisotopic (exact) mass is 287 g/mol. The smallest absolute Gasteiger partial charge is 0.309 e. The molecule has 0 aromatic carbocycles. The van der Waals surface area contributed by atoms with E-state index in [0.29, 0.717) is 32.7 Å². The predicted molar refractivity (Wildman–Crippen MR) is 74.4 cm³/mol. The van der Waals surface area contributed by atoms with Crippen molar-refractivity contribution >= 4 is 11.8 Å². The fraction of sp³-hybridized carbons (Fsp3) is 0.846. The number of nitrogens with zero attached hydrogens (tertiary/aromatic N) is 1. The zero-order valence-corrected chi connectivity index (χ0v) is 12.2. The van der Waals surface area contributed by atoms with Crippen molar-refractivity contribution in [2.75, 3.05) is 59.2 Å². The second kappa shape index (κ2) is 10.6. The van der Waals surface area contributed by atoms with Gasteiger partial charge in [0.25, 0.3) is 0 Å². The Kier molecular flexibility index (Phi) is 8.93. The highest BCUT2D eigenvalue weighted by atomic mass is 16.5. The van der Waals surface area contributed by atoms with Gasteiger partial charge >= 0.3 is 11.8 Å². The van der Waals surface area contributed by atoms with Crippen LogP contribution in [0.15, 0.2) is 0 Å². The third-order valence-electron chi connectivity index (χ3n) is 2.98. The van der Waals surface area contributed by atoms with Crippen LogP contribution in [-0.4, -0.2) is 75.9 Å². The molecule has 1 saturated heterocycles. The molecule has 0 bridgehead atoms. The van der Waals surface area contributed by atoms with Gasteiger partial charge in [0.1, 0.15) is 0 Å². The van der Waals surface area contributed by atoms with Gasteiger partial charge in [-0.05, 0) is 13.3 Å². The molecule has 1 aliphatic rings.